The van der Waals surface area contributed by atoms with Crippen LogP contribution in [0.1, 0.15) is 0 Å². The summed E-state index contributed by atoms with van der Waals surface area (Å²) in [7, 11) is 0.156. The second-order valence-electron chi connectivity index (χ2n) is 3.57. The first-order valence-corrected chi connectivity index (χ1v) is 7.22. The van der Waals surface area contributed by atoms with Crippen LogP contribution in [0.2, 0.25) is 5.15 Å². The van der Waals surface area contributed by atoms with Crippen LogP contribution in [0.4, 0.5) is 5.82 Å². The van der Waals surface area contributed by atoms with E-state index in [1.165, 1.54) is 19.7 Å². The number of nitrogens with zero attached hydrogens (tertiary/aromatic N) is 3. The summed E-state index contributed by atoms with van der Waals surface area (Å²) in [5, 5.41) is 0.198. The first kappa shape index (κ1) is 14.0. The molecule has 0 amide bonds. The van der Waals surface area contributed by atoms with Crippen LogP contribution in [0.25, 0.3) is 0 Å². The molecule has 1 rings (SSSR count). The van der Waals surface area contributed by atoms with Crippen LogP contribution < -0.4 is 9.64 Å². The molecule has 8 heteroatoms. The molecule has 96 valence electrons. The van der Waals surface area contributed by atoms with Crippen LogP contribution in [0.15, 0.2) is 6.33 Å². The minimum absolute atomic E-state index is 0.0360. The van der Waals surface area contributed by atoms with Crippen molar-refractivity contribution >= 4 is 27.3 Å². The van der Waals surface area contributed by atoms with Gasteiger partial charge in [-0.3, -0.25) is 0 Å². The Labute approximate surface area is 105 Å². The normalized spacial score (nSPS) is 11.3. The zero-order chi connectivity index (χ0) is 13.1. The molecule has 0 atom stereocenters. The largest absolute Gasteiger partial charge is 0.490 e. The third-order valence-electron chi connectivity index (χ3n) is 2.10. The van der Waals surface area contributed by atoms with E-state index in [2.05, 4.69) is 9.97 Å². The summed E-state index contributed by atoms with van der Waals surface area (Å²) in [6.45, 7) is 0.308. The van der Waals surface area contributed by atoms with E-state index in [9.17, 15) is 8.42 Å². The van der Waals surface area contributed by atoms with E-state index < -0.39 is 9.84 Å². The number of methoxy groups -OCH3 is 1. The number of hydrogen-bond donors (Lipinski definition) is 0. The van der Waals surface area contributed by atoms with Crippen molar-refractivity contribution < 1.29 is 13.2 Å². The molecule has 0 aliphatic heterocycles. The van der Waals surface area contributed by atoms with E-state index in [1.807, 2.05) is 0 Å². The lowest BCUT2D eigenvalue weighted by molar-refractivity contribution is 0.411. The molecule has 0 saturated heterocycles. The van der Waals surface area contributed by atoms with E-state index in [0.29, 0.717) is 18.1 Å². The standard InChI is InChI=1S/C9H14ClN3O3S/c1-13(4-5-17(3,14)15)9-7(16-2)8(10)11-6-12-9/h6H,4-5H2,1-3H3. The van der Waals surface area contributed by atoms with Gasteiger partial charge in [-0.05, 0) is 0 Å². The van der Waals surface area contributed by atoms with Gasteiger partial charge in [0.15, 0.2) is 16.7 Å². The number of ether oxygens (including phenoxy) is 1. The number of anilines is 1. The molecule has 0 spiro atoms. The van der Waals surface area contributed by atoms with E-state index in [1.54, 1.807) is 11.9 Å². The molecular weight excluding hydrogens is 266 g/mol. The molecular formula is C9H14ClN3O3S. The van der Waals surface area contributed by atoms with E-state index in [0.717, 1.165) is 0 Å². The van der Waals surface area contributed by atoms with Crippen LogP contribution in [0, 0.1) is 0 Å². The highest BCUT2D eigenvalue weighted by atomic mass is 35.5. The summed E-state index contributed by atoms with van der Waals surface area (Å²) in [5.41, 5.74) is 0. The third kappa shape index (κ3) is 4.01. The molecule has 0 fully saturated rings. The van der Waals surface area contributed by atoms with Crippen LogP contribution in [0.3, 0.4) is 0 Å². The van der Waals surface area contributed by atoms with Crippen molar-refractivity contribution in [1.82, 2.24) is 9.97 Å². The second-order valence-corrected chi connectivity index (χ2v) is 6.19. The van der Waals surface area contributed by atoms with Crippen LogP contribution in [-0.2, 0) is 9.84 Å². The van der Waals surface area contributed by atoms with Crippen LogP contribution in [0.5, 0.6) is 5.75 Å². The SMILES string of the molecule is COc1c(Cl)ncnc1N(C)CCS(C)(=O)=O. The van der Waals surface area contributed by atoms with Gasteiger partial charge in [-0.25, -0.2) is 18.4 Å². The summed E-state index contributed by atoms with van der Waals surface area (Å²) >= 11 is 5.84. The van der Waals surface area contributed by atoms with Gasteiger partial charge >= 0.3 is 0 Å². The Kier molecular flexibility index (Phi) is 4.53. The predicted octanol–water partition coefficient (Wildman–Crippen LogP) is 0.619. The molecule has 1 aromatic rings. The fourth-order valence-corrected chi connectivity index (χ4v) is 2.01. The molecule has 6 nitrogen and oxygen atoms in total. The molecule has 0 bridgehead atoms. The summed E-state index contributed by atoms with van der Waals surface area (Å²) in [6.07, 6.45) is 2.49. The van der Waals surface area contributed by atoms with E-state index >= 15 is 0 Å². The monoisotopic (exact) mass is 279 g/mol. The molecule has 0 aliphatic carbocycles. The van der Waals surface area contributed by atoms with Gasteiger partial charge in [0.1, 0.15) is 16.2 Å². The molecule has 1 aromatic heterocycles. The fraction of sp³-hybridized carbons (Fsp3) is 0.556. The van der Waals surface area contributed by atoms with Crippen LogP contribution in [-0.4, -0.2) is 51.1 Å². The van der Waals surface area contributed by atoms with Gasteiger partial charge in [0.05, 0.1) is 12.9 Å². The smallest absolute Gasteiger partial charge is 0.199 e. The highest BCUT2D eigenvalue weighted by Gasteiger charge is 2.15. The highest BCUT2D eigenvalue weighted by molar-refractivity contribution is 7.90. The van der Waals surface area contributed by atoms with Crippen molar-refractivity contribution in [3.63, 3.8) is 0 Å². The van der Waals surface area contributed by atoms with Gasteiger partial charge < -0.3 is 9.64 Å². The van der Waals surface area contributed by atoms with E-state index in [-0.39, 0.29) is 10.9 Å². The molecule has 0 aromatic carbocycles. The summed E-state index contributed by atoms with van der Waals surface area (Å²) < 4.78 is 27.2. The Morgan fingerprint density at radius 3 is 2.65 bits per heavy atom. The summed E-state index contributed by atoms with van der Waals surface area (Å²) in [4.78, 5) is 9.47. The fourth-order valence-electron chi connectivity index (χ4n) is 1.20. The Hall–Kier alpha value is -1.08. The number of rotatable bonds is 5. The number of hydrogen-bond acceptors (Lipinski definition) is 6. The lowest BCUT2D eigenvalue weighted by Crippen LogP contribution is -2.26. The quantitative estimate of drug-likeness (QED) is 0.736. The summed E-state index contributed by atoms with van der Waals surface area (Å²) in [6, 6.07) is 0. The van der Waals surface area contributed by atoms with Crippen molar-refractivity contribution in [2.75, 3.05) is 37.6 Å². The minimum atomic E-state index is -3.02. The van der Waals surface area contributed by atoms with Gasteiger partial charge in [-0.1, -0.05) is 11.6 Å². The minimum Gasteiger partial charge on any atom is -0.490 e. The Morgan fingerprint density at radius 2 is 2.12 bits per heavy atom. The molecule has 0 radical (unpaired) electrons. The Bertz CT molecular complexity index is 492. The lowest BCUT2D eigenvalue weighted by Gasteiger charge is -2.19. The van der Waals surface area contributed by atoms with Gasteiger partial charge in [0.25, 0.3) is 0 Å². The third-order valence-corrected chi connectivity index (χ3v) is 3.30. The number of aromatic nitrogens is 2. The van der Waals surface area contributed by atoms with E-state index in [4.69, 9.17) is 16.3 Å². The molecule has 0 saturated carbocycles. The maximum Gasteiger partial charge on any atom is 0.199 e. The first-order chi connectivity index (χ1) is 7.85. The zero-order valence-electron chi connectivity index (χ0n) is 9.84. The van der Waals surface area contributed by atoms with Gasteiger partial charge in [-0.15, -0.1) is 0 Å². The molecule has 1 heterocycles. The molecule has 0 aliphatic rings. The topological polar surface area (TPSA) is 72.4 Å². The second kappa shape index (κ2) is 5.50. The maximum atomic E-state index is 11.1. The molecule has 0 unspecified atom stereocenters. The van der Waals surface area contributed by atoms with Crippen molar-refractivity contribution in [3.8, 4) is 5.75 Å². The Balaban J connectivity index is 2.89. The van der Waals surface area contributed by atoms with Crippen molar-refractivity contribution in [2.24, 2.45) is 0 Å². The van der Waals surface area contributed by atoms with Crippen molar-refractivity contribution in [3.05, 3.63) is 11.5 Å². The van der Waals surface area contributed by atoms with Crippen molar-refractivity contribution in [2.45, 2.75) is 0 Å². The highest BCUT2D eigenvalue weighted by Crippen LogP contribution is 2.30. The Morgan fingerprint density at radius 1 is 1.47 bits per heavy atom. The predicted molar refractivity (Wildman–Crippen MR) is 66.6 cm³/mol. The number of sulfone groups is 1. The zero-order valence-corrected chi connectivity index (χ0v) is 11.4. The van der Waals surface area contributed by atoms with Gasteiger partial charge in [0.2, 0.25) is 0 Å². The van der Waals surface area contributed by atoms with Gasteiger partial charge in [0, 0.05) is 19.8 Å². The number of halogens is 1. The molecule has 0 N–H and O–H groups in total. The maximum absolute atomic E-state index is 11.1. The average molecular weight is 280 g/mol. The lowest BCUT2D eigenvalue weighted by atomic mass is 10.4. The van der Waals surface area contributed by atoms with Crippen LogP contribution >= 0.6 is 11.6 Å². The van der Waals surface area contributed by atoms with Crippen molar-refractivity contribution in [1.29, 1.82) is 0 Å². The first-order valence-electron chi connectivity index (χ1n) is 4.78. The average Bonchev–Trinajstić information content (AvgIpc) is 2.24. The summed E-state index contributed by atoms with van der Waals surface area (Å²) in [5.74, 6) is 0.843. The van der Waals surface area contributed by atoms with Gasteiger partial charge in [-0.2, -0.15) is 0 Å². The molecule has 17 heavy (non-hydrogen) atoms.